The number of rotatable bonds is 2. The smallest absolute Gasteiger partial charge is 0.280 e. The monoisotopic (exact) mass is 324 g/mol. The molecule has 2 heterocycles. The molecule has 1 aromatic heterocycles. The standard InChI is InChI=1S/C18H13FN2O3/c19-13-7-5-12(6-8-13)17-11-14(20-24-17)18(22)21-9-10-23-16-4-2-1-3-15(16)21/h1-8,11H,9-10H2. The Bertz CT molecular complexity index is 889. The fourth-order valence-electron chi connectivity index (χ4n) is 2.64. The summed E-state index contributed by atoms with van der Waals surface area (Å²) >= 11 is 0. The number of ether oxygens (including phenoxy) is 1. The van der Waals surface area contributed by atoms with E-state index in [-0.39, 0.29) is 17.4 Å². The molecule has 0 fully saturated rings. The van der Waals surface area contributed by atoms with Crippen LogP contribution in [0.15, 0.2) is 59.1 Å². The Labute approximate surface area is 137 Å². The van der Waals surface area contributed by atoms with Gasteiger partial charge >= 0.3 is 0 Å². The molecular formula is C18H13FN2O3. The molecule has 0 radical (unpaired) electrons. The van der Waals surface area contributed by atoms with Crippen LogP contribution in [-0.2, 0) is 0 Å². The summed E-state index contributed by atoms with van der Waals surface area (Å²) in [6.07, 6.45) is 0. The Morgan fingerprint density at radius 3 is 2.75 bits per heavy atom. The van der Waals surface area contributed by atoms with E-state index in [1.54, 1.807) is 23.1 Å². The number of fused-ring (bicyclic) bond motifs is 1. The zero-order valence-electron chi connectivity index (χ0n) is 12.6. The number of carbonyl (C=O) groups is 1. The van der Waals surface area contributed by atoms with Crippen molar-refractivity contribution in [3.8, 4) is 17.1 Å². The molecule has 5 nitrogen and oxygen atoms in total. The van der Waals surface area contributed by atoms with E-state index in [1.807, 2.05) is 24.3 Å². The van der Waals surface area contributed by atoms with Crippen LogP contribution in [0.1, 0.15) is 10.5 Å². The first-order chi connectivity index (χ1) is 11.7. The van der Waals surface area contributed by atoms with E-state index in [1.165, 1.54) is 12.1 Å². The molecule has 24 heavy (non-hydrogen) atoms. The van der Waals surface area contributed by atoms with Gasteiger partial charge in [0.05, 0.1) is 12.2 Å². The Hall–Kier alpha value is -3.15. The number of halogens is 1. The van der Waals surface area contributed by atoms with Gasteiger partial charge in [-0.3, -0.25) is 9.69 Å². The molecule has 1 aliphatic rings. The lowest BCUT2D eigenvalue weighted by molar-refractivity contribution is 0.0968. The van der Waals surface area contributed by atoms with Crippen molar-refractivity contribution in [2.75, 3.05) is 18.1 Å². The number of carbonyl (C=O) groups excluding carboxylic acids is 1. The zero-order chi connectivity index (χ0) is 16.5. The van der Waals surface area contributed by atoms with Gasteiger partial charge in [-0.2, -0.15) is 0 Å². The topological polar surface area (TPSA) is 55.6 Å². The van der Waals surface area contributed by atoms with E-state index in [2.05, 4.69) is 5.16 Å². The minimum atomic E-state index is -0.334. The van der Waals surface area contributed by atoms with Crippen molar-refractivity contribution in [1.82, 2.24) is 5.16 Å². The van der Waals surface area contributed by atoms with Gasteiger partial charge in [0, 0.05) is 11.6 Å². The highest BCUT2D eigenvalue weighted by Crippen LogP contribution is 2.32. The van der Waals surface area contributed by atoms with E-state index >= 15 is 0 Å². The first-order valence-corrected chi connectivity index (χ1v) is 7.49. The van der Waals surface area contributed by atoms with Gasteiger partial charge in [0.1, 0.15) is 18.2 Å². The second-order valence-electron chi connectivity index (χ2n) is 5.36. The van der Waals surface area contributed by atoms with Crippen molar-refractivity contribution < 1.29 is 18.4 Å². The van der Waals surface area contributed by atoms with Crippen LogP contribution in [0.2, 0.25) is 0 Å². The fourth-order valence-corrected chi connectivity index (χ4v) is 2.64. The summed E-state index contributed by atoms with van der Waals surface area (Å²) in [5, 5.41) is 3.86. The molecule has 1 aliphatic heterocycles. The predicted octanol–water partition coefficient (Wildman–Crippen LogP) is 3.52. The van der Waals surface area contributed by atoms with Gasteiger partial charge in [-0.1, -0.05) is 17.3 Å². The molecule has 4 rings (SSSR count). The van der Waals surface area contributed by atoms with E-state index in [9.17, 15) is 9.18 Å². The highest BCUT2D eigenvalue weighted by atomic mass is 19.1. The third-order valence-corrected chi connectivity index (χ3v) is 3.83. The number of amides is 1. The predicted molar refractivity (Wildman–Crippen MR) is 85.5 cm³/mol. The van der Waals surface area contributed by atoms with Crippen LogP contribution < -0.4 is 9.64 Å². The van der Waals surface area contributed by atoms with Crippen molar-refractivity contribution in [2.24, 2.45) is 0 Å². The number of anilines is 1. The van der Waals surface area contributed by atoms with Gasteiger partial charge in [0.25, 0.3) is 5.91 Å². The Morgan fingerprint density at radius 2 is 1.92 bits per heavy atom. The molecule has 0 spiro atoms. The lowest BCUT2D eigenvalue weighted by Gasteiger charge is -2.28. The van der Waals surface area contributed by atoms with E-state index in [0.29, 0.717) is 35.9 Å². The summed E-state index contributed by atoms with van der Waals surface area (Å²) < 4.78 is 23.8. The van der Waals surface area contributed by atoms with Crippen molar-refractivity contribution in [3.05, 3.63) is 66.1 Å². The molecule has 1 amide bonds. The fraction of sp³-hybridized carbons (Fsp3) is 0.111. The molecule has 2 aromatic carbocycles. The molecule has 0 N–H and O–H groups in total. The van der Waals surface area contributed by atoms with Crippen molar-refractivity contribution in [3.63, 3.8) is 0 Å². The molecule has 0 unspecified atom stereocenters. The molecule has 0 saturated heterocycles. The first-order valence-electron chi connectivity index (χ1n) is 7.49. The average Bonchev–Trinajstić information content (AvgIpc) is 3.11. The first kappa shape index (κ1) is 14.4. The second-order valence-corrected chi connectivity index (χ2v) is 5.36. The van der Waals surface area contributed by atoms with Crippen LogP contribution in [-0.4, -0.2) is 24.2 Å². The zero-order valence-corrected chi connectivity index (χ0v) is 12.6. The lowest BCUT2D eigenvalue weighted by atomic mass is 10.1. The molecule has 120 valence electrons. The van der Waals surface area contributed by atoms with Crippen LogP contribution in [0.4, 0.5) is 10.1 Å². The summed E-state index contributed by atoms with van der Waals surface area (Å²) in [6.45, 7) is 0.861. The molecule has 3 aromatic rings. The largest absolute Gasteiger partial charge is 0.490 e. The third-order valence-electron chi connectivity index (χ3n) is 3.83. The summed E-state index contributed by atoms with van der Waals surface area (Å²) in [5.74, 6) is 0.488. The Kier molecular flexibility index (Phi) is 3.49. The highest BCUT2D eigenvalue weighted by Gasteiger charge is 2.26. The van der Waals surface area contributed by atoms with Crippen molar-refractivity contribution in [1.29, 1.82) is 0 Å². The quantitative estimate of drug-likeness (QED) is 0.724. The number of benzene rings is 2. The van der Waals surface area contributed by atoms with E-state index in [0.717, 1.165) is 0 Å². The molecule has 0 aliphatic carbocycles. The summed E-state index contributed by atoms with van der Waals surface area (Å²) in [5.41, 5.74) is 1.57. The van der Waals surface area contributed by atoms with Crippen LogP contribution in [0, 0.1) is 5.82 Å². The van der Waals surface area contributed by atoms with Gasteiger partial charge in [0.15, 0.2) is 11.5 Å². The van der Waals surface area contributed by atoms with Crippen LogP contribution in [0.5, 0.6) is 5.75 Å². The van der Waals surface area contributed by atoms with Crippen LogP contribution in [0.3, 0.4) is 0 Å². The number of para-hydroxylation sites is 2. The van der Waals surface area contributed by atoms with Crippen molar-refractivity contribution in [2.45, 2.75) is 0 Å². The van der Waals surface area contributed by atoms with E-state index in [4.69, 9.17) is 9.26 Å². The SMILES string of the molecule is O=C(c1cc(-c2ccc(F)cc2)on1)N1CCOc2ccccc21. The minimum absolute atomic E-state index is 0.200. The van der Waals surface area contributed by atoms with Gasteiger partial charge in [-0.15, -0.1) is 0 Å². The molecule has 0 atom stereocenters. The average molecular weight is 324 g/mol. The Balaban J connectivity index is 1.63. The van der Waals surface area contributed by atoms with Gasteiger partial charge in [-0.05, 0) is 36.4 Å². The second kappa shape index (κ2) is 5.81. The number of nitrogens with zero attached hydrogens (tertiary/aromatic N) is 2. The van der Waals surface area contributed by atoms with Crippen molar-refractivity contribution >= 4 is 11.6 Å². The van der Waals surface area contributed by atoms with Gasteiger partial charge in [0.2, 0.25) is 0 Å². The third kappa shape index (κ3) is 2.52. The highest BCUT2D eigenvalue weighted by molar-refractivity contribution is 6.06. The minimum Gasteiger partial charge on any atom is -0.490 e. The molecular weight excluding hydrogens is 311 g/mol. The van der Waals surface area contributed by atoms with E-state index < -0.39 is 0 Å². The molecule has 6 heteroatoms. The maximum absolute atomic E-state index is 13.0. The van der Waals surface area contributed by atoms with Crippen LogP contribution in [0.25, 0.3) is 11.3 Å². The lowest BCUT2D eigenvalue weighted by Crippen LogP contribution is -2.38. The summed E-state index contributed by atoms with van der Waals surface area (Å²) in [6, 6.07) is 14.7. The number of hydrogen-bond donors (Lipinski definition) is 0. The van der Waals surface area contributed by atoms with Gasteiger partial charge < -0.3 is 9.26 Å². The normalized spacial score (nSPS) is 13.3. The number of aromatic nitrogens is 1. The summed E-state index contributed by atoms with van der Waals surface area (Å²) in [4.78, 5) is 14.4. The number of hydrogen-bond acceptors (Lipinski definition) is 4. The maximum Gasteiger partial charge on any atom is 0.280 e. The van der Waals surface area contributed by atoms with Crippen LogP contribution >= 0.6 is 0 Å². The summed E-state index contributed by atoms with van der Waals surface area (Å²) in [7, 11) is 0. The van der Waals surface area contributed by atoms with Gasteiger partial charge in [-0.25, -0.2) is 4.39 Å². The maximum atomic E-state index is 13.0. The molecule has 0 saturated carbocycles. The Morgan fingerprint density at radius 1 is 1.12 bits per heavy atom. The molecule has 0 bridgehead atoms.